The van der Waals surface area contributed by atoms with Crippen LogP contribution >= 0.6 is 15.9 Å². The fraction of sp³-hybridized carbons (Fsp3) is 0.294. The fourth-order valence-electron chi connectivity index (χ4n) is 2.88. The van der Waals surface area contributed by atoms with Gasteiger partial charge in [-0.3, -0.25) is 0 Å². The van der Waals surface area contributed by atoms with E-state index in [1.807, 2.05) is 24.3 Å². The number of hydrogen-bond acceptors (Lipinski definition) is 2. The lowest BCUT2D eigenvalue weighted by Crippen LogP contribution is -2.35. The van der Waals surface area contributed by atoms with Crippen molar-refractivity contribution in [3.63, 3.8) is 0 Å². The van der Waals surface area contributed by atoms with Crippen LogP contribution in [-0.2, 0) is 12.0 Å². The van der Waals surface area contributed by atoms with Gasteiger partial charge >= 0.3 is 0 Å². The zero-order valence-corrected chi connectivity index (χ0v) is 12.9. The first-order valence-corrected chi connectivity index (χ1v) is 7.72. The molecule has 2 aromatic carbocycles. The van der Waals surface area contributed by atoms with Crippen LogP contribution in [0.3, 0.4) is 0 Å². The second-order valence-electron chi connectivity index (χ2n) is 5.37. The standard InChI is InChI=1S/C17H18BrNO/c18-14-5-3-6-15(12-14)20-11-10-17(19)9-8-13-4-1-2-7-16(13)17/h1-7,12H,8-11,19H2. The predicted octanol–water partition coefficient (Wildman–Crippen LogP) is 4.02. The number of halogens is 1. The average molecular weight is 332 g/mol. The first kappa shape index (κ1) is 13.7. The van der Waals surface area contributed by atoms with Crippen LogP contribution in [-0.4, -0.2) is 6.61 Å². The molecule has 1 aliphatic rings. The highest BCUT2D eigenvalue weighted by molar-refractivity contribution is 9.10. The Morgan fingerprint density at radius 3 is 2.85 bits per heavy atom. The largest absolute Gasteiger partial charge is 0.493 e. The average Bonchev–Trinajstić information content (AvgIpc) is 2.78. The number of aryl methyl sites for hydroxylation is 1. The van der Waals surface area contributed by atoms with E-state index in [9.17, 15) is 0 Å². The van der Waals surface area contributed by atoms with Crippen LogP contribution < -0.4 is 10.5 Å². The Kier molecular flexibility index (Phi) is 3.81. The zero-order valence-electron chi connectivity index (χ0n) is 11.3. The molecule has 0 spiro atoms. The van der Waals surface area contributed by atoms with E-state index in [-0.39, 0.29) is 5.54 Å². The van der Waals surface area contributed by atoms with Crippen LogP contribution in [0.5, 0.6) is 5.75 Å². The third-order valence-electron chi connectivity index (χ3n) is 4.01. The van der Waals surface area contributed by atoms with Crippen LogP contribution in [0.2, 0.25) is 0 Å². The van der Waals surface area contributed by atoms with Crippen LogP contribution in [0.1, 0.15) is 24.0 Å². The minimum atomic E-state index is -0.234. The van der Waals surface area contributed by atoms with Gasteiger partial charge < -0.3 is 10.5 Å². The molecule has 0 aromatic heterocycles. The minimum Gasteiger partial charge on any atom is -0.493 e. The van der Waals surface area contributed by atoms with E-state index < -0.39 is 0 Å². The molecular weight excluding hydrogens is 314 g/mol. The second kappa shape index (κ2) is 5.58. The molecule has 2 N–H and O–H groups in total. The molecular formula is C17H18BrNO. The van der Waals surface area contributed by atoms with E-state index >= 15 is 0 Å². The maximum Gasteiger partial charge on any atom is 0.120 e. The number of ether oxygens (including phenoxy) is 1. The van der Waals surface area contributed by atoms with Crippen molar-refractivity contribution in [1.82, 2.24) is 0 Å². The topological polar surface area (TPSA) is 35.2 Å². The number of benzene rings is 2. The van der Waals surface area contributed by atoms with Crippen molar-refractivity contribution in [2.75, 3.05) is 6.61 Å². The maximum atomic E-state index is 6.58. The van der Waals surface area contributed by atoms with Crippen molar-refractivity contribution in [1.29, 1.82) is 0 Å². The lowest BCUT2D eigenvalue weighted by Gasteiger charge is -2.25. The summed E-state index contributed by atoms with van der Waals surface area (Å²) in [4.78, 5) is 0. The Labute approximate surface area is 128 Å². The van der Waals surface area contributed by atoms with Crippen molar-refractivity contribution >= 4 is 15.9 Å². The molecule has 0 bridgehead atoms. The molecule has 0 fully saturated rings. The third-order valence-corrected chi connectivity index (χ3v) is 4.50. The van der Waals surface area contributed by atoms with Gasteiger partial charge in [-0.1, -0.05) is 46.3 Å². The highest BCUT2D eigenvalue weighted by atomic mass is 79.9. The summed E-state index contributed by atoms with van der Waals surface area (Å²) in [6.07, 6.45) is 2.92. The van der Waals surface area contributed by atoms with E-state index in [0.29, 0.717) is 6.61 Å². The van der Waals surface area contributed by atoms with E-state index in [1.165, 1.54) is 11.1 Å². The number of hydrogen-bond donors (Lipinski definition) is 1. The molecule has 0 saturated carbocycles. The van der Waals surface area contributed by atoms with Gasteiger partial charge in [0.2, 0.25) is 0 Å². The Morgan fingerprint density at radius 2 is 2.00 bits per heavy atom. The van der Waals surface area contributed by atoms with E-state index in [4.69, 9.17) is 10.5 Å². The van der Waals surface area contributed by atoms with Crippen molar-refractivity contribution in [3.05, 3.63) is 64.1 Å². The normalized spacial score (nSPS) is 20.7. The van der Waals surface area contributed by atoms with E-state index in [2.05, 4.69) is 40.2 Å². The molecule has 0 heterocycles. The monoisotopic (exact) mass is 331 g/mol. The summed E-state index contributed by atoms with van der Waals surface area (Å²) in [7, 11) is 0. The molecule has 0 radical (unpaired) electrons. The Morgan fingerprint density at radius 1 is 1.15 bits per heavy atom. The zero-order chi connectivity index (χ0) is 14.0. The van der Waals surface area contributed by atoms with Gasteiger partial charge in [-0.15, -0.1) is 0 Å². The fourth-order valence-corrected chi connectivity index (χ4v) is 3.26. The van der Waals surface area contributed by atoms with Gasteiger partial charge in [0.1, 0.15) is 5.75 Å². The third kappa shape index (κ3) is 2.74. The Balaban J connectivity index is 1.64. The second-order valence-corrected chi connectivity index (χ2v) is 6.28. The smallest absolute Gasteiger partial charge is 0.120 e. The van der Waals surface area contributed by atoms with Crippen molar-refractivity contribution in [2.45, 2.75) is 24.8 Å². The maximum absolute atomic E-state index is 6.58. The summed E-state index contributed by atoms with van der Waals surface area (Å²) in [5, 5.41) is 0. The molecule has 1 aliphatic carbocycles. The molecule has 3 rings (SSSR count). The van der Waals surface area contributed by atoms with Gasteiger partial charge in [-0.05, 0) is 42.2 Å². The number of fused-ring (bicyclic) bond motifs is 1. The molecule has 3 heteroatoms. The summed E-state index contributed by atoms with van der Waals surface area (Å²) in [5.41, 5.74) is 9.02. The van der Waals surface area contributed by atoms with E-state index in [1.54, 1.807) is 0 Å². The molecule has 104 valence electrons. The summed E-state index contributed by atoms with van der Waals surface area (Å²) in [6, 6.07) is 16.4. The minimum absolute atomic E-state index is 0.234. The Hall–Kier alpha value is -1.32. The molecule has 1 atom stereocenters. The SMILES string of the molecule is NC1(CCOc2cccc(Br)c2)CCc2ccccc21. The van der Waals surface area contributed by atoms with Crippen molar-refractivity contribution in [3.8, 4) is 5.75 Å². The van der Waals surface area contributed by atoms with Crippen LogP contribution in [0.4, 0.5) is 0 Å². The van der Waals surface area contributed by atoms with Crippen LogP contribution in [0.25, 0.3) is 0 Å². The molecule has 1 unspecified atom stereocenters. The van der Waals surface area contributed by atoms with Crippen LogP contribution in [0, 0.1) is 0 Å². The van der Waals surface area contributed by atoms with E-state index in [0.717, 1.165) is 29.5 Å². The highest BCUT2D eigenvalue weighted by Gasteiger charge is 2.34. The molecule has 0 amide bonds. The lowest BCUT2D eigenvalue weighted by molar-refractivity contribution is 0.257. The van der Waals surface area contributed by atoms with Gasteiger partial charge in [0.15, 0.2) is 0 Å². The van der Waals surface area contributed by atoms with Crippen LogP contribution in [0.15, 0.2) is 53.0 Å². The quantitative estimate of drug-likeness (QED) is 0.918. The van der Waals surface area contributed by atoms with Crippen molar-refractivity contribution in [2.24, 2.45) is 5.73 Å². The molecule has 0 aliphatic heterocycles. The Bertz CT molecular complexity index is 613. The summed E-state index contributed by atoms with van der Waals surface area (Å²) in [6.45, 7) is 0.640. The lowest BCUT2D eigenvalue weighted by atomic mass is 9.90. The first-order chi connectivity index (χ1) is 9.67. The summed E-state index contributed by atoms with van der Waals surface area (Å²) >= 11 is 3.45. The summed E-state index contributed by atoms with van der Waals surface area (Å²) < 4.78 is 6.85. The number of rotatable bonds is 4. The molecule has 2 aromatic rings. The van der Waals surface area contributed by atoms with Gasteiger partial charge in [-0.25, -0.2) is 0 Å². The van der Waals surface area contributed by atoms with Gasteiger partial charge in [-0.2, -0.15) is 0 Å². The number of nitrogens with two attached hydrogens (primary N) is 1. The molecule has 20 heavy (non-hydrogen) atoms. The summed E-state index contributed by atoms with van der Waals surface area (Å²) in [5.74, 6) is 0.884. The predicted molar refractivity (Wildman–Crippen MR) is 84.9 cm³/mol. The van der Waals surface area contributed by atoms with Gasteiger partial charge in [0.25, 0.3) is 0 Å². The first-order valence-electron chi connectivity index (χ1n) is 6.93. The van der Waals surface area contributed by atoms with Gasteiger partial charge in [0.05, 0.1) is 6.61 Å². The molecule has 2 nitrogen and oxygen atoms in total. The highest BCUT2D eigenvalue weighted by Crippen LogP contribution is 2.37. The van der Waals surface area contributed by atoms with Gasteiger partial charge in [0, 0.05) is 16.4 Å². The molecule has 0 saturated heterocycles. The van der Waals surface area contributed by atoms with Crippen molar-refractivity contribution < 1.29 is 4.74 Å².